The summed E-state index contributed by atoms with van der Waals surface area (Å²) >= 11 is 1.16. The van der Waals surface area contributed by atoms with Crippen LogP contribution in [0.2, 0.25) is 0 Å². The van der Waals surface area contributed by atoms with E-state index in [4.69, 9.17) is 9.47 Å². The fourth-order valence-corrected chi connectivity index (χ4v) is 2.26. The van der Waals surface area contributed by atoms with E-state index >= 15 is 0 Å². The van der Waals surface area contributed by atoms with Crippen molar-refractivity contribution >= 4 is 22.6 Å². The Kier molecular flexibility index (Phi) is 5.51. The lowest BCUT2D eigenvalue weighted by atomic mass is 10.1. The Morgan fingerprint density at radius 3 is 2.90 bits per heavy atom. The van der Waals surface area contributed by atoms with Crippen LogP contribution in [0.1, 0.15) is 18.9 Å². The van der Waals surface area contributed by atoms with Crippen LogP contribution in [0.25, 0.3) is 0 Å². The molecule has 0 aliphatic rings. The number of rotatable bonds is 7. The van der Waals surface area contributed by atoms with Gasteiger partial charge in [-0.2, -0.15) is 4.37 Å². The van der Waals surface area contributed by atoms with E-state index in [1.54, 1.807) is 7.11 Å². The van der Waals surface area contributed by atoms with E-state index in [-0.39, 0.29) is 5.91 Å². The Hall–Kier alpha value is -2.15. The smallest absolute Gasteiger partial charge is 0.226 e. The van der Waals surface area contributed by atoms with Gasteiger partial charge in [-0.1, -0.05) is 6.07 Å². The van der Waals surface area contributed by atoms with Crippen LogP contribution >= 0.6 is 11.5 Å². The number of nitrogens with zero attached hydrogens (tertiary/aromatic N) is 2. The molecule has 0 aliphatic heterocycles. The van der Waals surface area contributed by atoms with Crippen LogP contribution in [0.4, 0.5) is 5.13 Å². The molecule has 0 spiro atoms. The van der Waals surface area contributed by atoms with E-state index in [2.05, 4.69) is 14.7 Å². The molecule has 0 fully saturated rings. The molecule has 1 amide bonds. The summed E-state index contributed by atoms with van der Waals surface area (Å²) in [5.41, 5.74) is 1.02. The Balaban J connectivity index is 1.92. The van der Waals surface area contributed by atoms with Crippen molar-refractivity contribution in [3.8, 4) is 11.5 Å². The minimum Gasteiger partial charge on any atom is -0.493 e. The van der Waals surface area contributed by atoms with Gasteiger partial charge in [0.2, 0.25) is 11.0 Å². The summed E-state index contributed by atoms with van der Waals surface area (Å²) in [6, 6.07) is 5.69. The normalized spacial score (nSPS) is 10.2. The van der Waals surface area contributed by atoms with Gasteiger partial charge in [-0.05, 0) is 31.0 Å². The Morgan fingerprint density at radius 2 is 2.24 bits per heavy atom. The van der Waals surface area contributed by atoms with Crippen LogP contribution in [0, 0.1) is 0 Å². The van der Waals surface area contributed by atoms with Crippen molar-refractivity contribution in [2.24, 2.45) is 0 Å². The Bertz CT molecular complexity index is 587. The van der Waals surface area contributed by atoms with Crippen LogP contribution in [-0.2, 0) is 11.2 Å². The minimum absolute atomic E-state index is 0.0837. The molecule has 1 N–H and O–H groups in total. The van der Waals surface area contributed by atoms with Crippen LogP contribution in [0.5, 0.6) is 11.5 Å². The molecule has 0 aliphatic carbocycles. The predicted molar refractivity (Wildman–Crippen MR) is 81.0 cm³/mol. The average molecular weight is 307 g/mol. The van der Waals surface area contributed by atoms with Gasteiger partial charge in [0.25, 0.3) is 0 Å². The zero-order valence-electron chi connectivity index (χ0n) is 12.0. The van der Waals surface area contributed by atoms with Gasteiger partial charge in [-0.3, -0.25) is 4.79 Å². The molecular weight excluding hydrogens is 290 g/mol. The maximum atomic E-state index is 11.8. The molecule has 7 heteroatoms. The molecule has 0 saturated heterocycles. The zero-order valence-corrected chi connectivity index (χ0v) is 12.8. The van der Waals surface area contributed by atoms with Gasteiger partial charge in [0.1, 0.15) is 6.33 Å². The maximum Gasteiger partial charge on any atom is 0.226 e. The lowest BCUT2D eigenvalue weighted by molar-refractivity contribution is -0.116. The molecule has 21 heavy (non-hydrogen) atoms. The van der Waals surface area contributed by atoms with Crippen LogP contribution < -0.4 is 14.8 Å². The summed E-state index contributed by atoms with van der Waals surface area (Å²) in [5.74, 6) is 1.31. The zero-order chi connectivity index (χ0) is 15.1. The third-order valence-corrected chi connectivity index (χ3v) is 3.36. The molecule has 6 nitrogen and oxygen atoms in total. The molecule has 0 radical (unpaired) electrons. The standard InChI is InChI=1S/C14H17N3O3S/c1-3-20-11-6-4-10(8-12(11)19-2)5-7-13(18)17-14-15-9-16-21-14/h4,6,8-9H,3,5,7H2,1-2H3,(H,15,16,17,18). The van der Waals surface area contributed by atoms with E-state index in [1.165, 1.54) is 6.33 Å². The molecule has 2 aromatic rings. The molecule has 0 unspecified atom stereocenters. The molecule has 2 rings (SSSR count). The molecule has 0 atom stereocenters. The van der Waals surface area contributed by atoms with E-state index in [9.17, 15) is 4.79 Å². The van der Waals surface area contributed by atoms with Gasteiger partial charge in [-0.25, -0.2) is 4.98 Å². The summed E-state index contributed by atoms with van der Waals surface area (Å²) in [7, 11) is 1.60. The fraction of sp³-hybridized carbons (Fsp3) is 0.357. The van der Waals surface area contributed by atoms with Gasteiger partial charge in [0.15, 0.2) is 11.5 Å². The molecule has 1 aromatic carbocycles. The van der Waals surface area contributed by atoms with E-state index in [0.29, 0.717) is 36.1 Å². The van der Waals surface area contributed by atoms with E-state index in [1.807, 2.05) is 25.1 Å². The second-order valence-corrected chi connectivity index (χ2v) is 4.99. The second kappa shape index (κ2) is 7.58. The van der Waals surface area contributed by atoms with E-state index < -0.39 is 0 Å². The van der Waals surface area contributed by atoms with E-state index in [0.717, 1.165) is 17.1 Å². The van der Waals surface area contributed by atoms with Crippen molar-refractivity contribution in [2.45, 2.75) is 19.8 Å². The molecule has 0 bridgehead atoms. The SMILES string of the molecule is CCOc1ccc(CCC(=O)Nc2ncns2)cc1OC. The van der Waals surface area contributed by atoms with Gasteiger partial charge in [0.05, 0.1) is 13.7 Å². The predicted octanol–water partition coefficient (Wildman–Crippen LogP) is 2.52. The topological polar surface area (TPSA) is 73.3 Å². The number of benzene rings is 1. The van der Waals surface area contributed by atoms with Crippen molar-refractivity contribution in [3.63, 3.8) is 0 Å². The monoisotopic (exact) mass is 307 g/mol. The number of carbonyl (C=O) groups is 1. The maximum absolute atomic E-state index is 11.8. The fourth-order valence-electron chi connectivity index (χ4n) is 1.81. The number of amides is 1. The summed E-state index contributed by atoms with van der Waals surface area (Å²) < 4.78 is 14.6. The highest BCUT2D eigenvalue weighted by atomic mass is 32.1. The van der Waals surface area contributed by atoms with Gasteiger partial charge >= 0.3 is 0 Å². The number of aromatic nitrogens is 2. The number of methoxy groups -OCH3 is 1. The highest BCUT2D eigenvalue weighted by Gasteiger charge is 2.08. The summed E-state index contributed by atoms with van der Waals surface area (Å²) in [6.45, 7) is 2.51. The summed E-state index contributed by atoms with van der Waals surface area (Å²) in [5, 5.41) is 3.22. The quantitative estimate of drug-likeness (QED) is 0.851. The van der Waals surface area contributed by atoms with Crippen molar-refractivity contribution < 1.29 is 14.3 Å². The number of ether oxygens (including phenoxy) is 2. The first-order valence-electron chi connectivity index (χ1n) is 6.59. The van der Waals surface area contributed by atoms with Crippen LogP contribution in [-0.4, -0.2) is 29.0 Å². The first-order chi connectivity index (χ1) is 10.2. The number of anilines is 1. The third-order valence-electron chi connectivity index (χ3n) is 2.78. The van der Waals surface area contributed by atoms with Gasteiger partial charge in [-0.15, -0.1) is 0 Å². The summed E-state index contributed by atoms with van der Waals surface area (Å²) in [4.78, 5) is 15.7. The third kappa shape index (κ3) is 4.42. The first kappa shape index (κ1) is 15.2. The second-order valence-electron chi connectivity index (χ2n) is 4.21. The van der Waals surface area contributed by atoms with Gasteiger partial charge < -0.3 is 14.8 Å². The summed E-state index contributed by atoms with van der Waals surface area (Å²) in [6.07, 6.45) is 2.40. The lowest BCUT2D eigenvalue weighted by Crippen LogP contribution is -2.12. The number of aryl methyl sites for hydroxylation is 1. The molecule has 0 saturated carbocycles. The minimum atomic E-state index is -0.0837. The first-order valence-corrected chi connectivity index (χ1v) is 7.36. The Labute approximate surface area is 127 Å². The van der Waals surface area contributed by atoms with Crippen molar-refractivity contribution in [1.29, 1.82) is 0 Å². The lowest BCUT2D eigenvalue weighted by Gasteiger charge is -2.10. The molecule has 112 valence electrons. The largest absolute Gasteiger partial charge is 0.493 e. The highest BCUT2D eigenvalue weighted by Crippen LogP contribution is 2.28. The van der Waals surface area contributed by atoms with Crippen molar-refractivity contribution in [1.82, 2.24) is 9.36 Å². The highest BCUT2D eigenvalue weighted by molar-refractivity contribution is 7.09. The van der Waals surface area contributed by atoms with Crippen LogP contribution in [0.3, 0.4) is 0 Å². The molecular formula is C14H17N3O3S. The van der Waals surface area contributed by atoms with Crippen molar-refractivity contribution in [3.05, 3.63) is 30.1 Å². The van der Waals surface area contributed by atoms with Crippen LogP contribution in [0.15, 0.2) is 24.5 Å². The van der Waals surface area contributed by atoms with Gasteiger partial charge in [0, 0.05) is 18.0 Å². The van der Waals surface area contributed by atoms with Crippen molar-refractivity contribution in [2.75, 3.05) is 19.0 Å². The average Bonchev–Trinajstić information content (AvgIpc) is 2.99. The molecule has 1 heterocycles. The number of nitrogens with one attached hydrogen (secondary N) is 1. The number of hydrogen-bond acceptors (Lipinski definition) is 6. The number of hydrogen-bond donors (Lipinski definition) is 1. The number of carbonyl (C=O) groups excluding carboxylic acids is 1. The Morgan fingerprint density at radius 1 is 1.38 bits per heavy atom. The molecule has 1 aromatic heterocycles.